The van der Waals surface area contributed by atoms with Crippen LogP contribution in [0.1, 0.15) is 11.1 Å². The van der Waals surface area contributed by atoms with Gasteiger partial charge in [0.15, 0.2) is 23.8 Å². The summed E-state index contributed by atoms with van der Waals surface area (Å²) in [6.45, 7) is -0.321. The van der Waals surface area contributed by atoms with Gasteiger partial charge in [-0.3, -0.25) is 0 Å². The molecule has 1 aliphatic rings. The average Bonchev–Trinajstić information content (AvgIpc) is 3.08. The number of aliphatic imine (C=N–C) groups is 1. The maximum Gasteiger partial charge on any atom is 0.363 e. The van der Waals surface area contributed by atoms with Crippen molar-refractivity contribution < 1.29 is 28.5 Å². The van der Waals surface area contributed by atoms with Crippen molar-refractivity contribution >= 4 is 74.0 Å². The summed E-state index contributed by atoms with van der Waals surface area (Å²) in [7, 11) is 2.69. The lowest BCUT2D eigenvalue weighted by molar-refractivity contribution is -0.143. The van der Waals surface area contributed by atoms with Gasteiger partial charge in [0, 0.05) is 13.6 Å². The fourth-order valence-corrected chi connectivity index (χ4v) is 3.46. The van der Waals surface area contributed by atoms with E-state index in [0.29, 0.717) is 11.1 Å². The van der Waals surface area contributed by atoms with Gasteiger partial charge in [-0.25, -0.2) is 14.6 Å². The second-order valence-electron chi connectivity index (χ2n) is 5.86. The van der Waals surface area contributed by atoms with Crippen molar-refractivity contribution in [1.29, 1.82) is 0 Å². The Hall–Kier alpha value is -2.11. The molecule has 0 unspecified atom stereocenters. The SMILES string of the molecule is COC(=O)COc1c(Cl)cc(/C=C2\N=C(c3ccc(I)c(Br)c3)OC2=O)cc1OC. The number of halogens is 3. The number of methoxy groups -OCH3 is 2. The minimum Gasteiger partial charge on any atom is -0.493 e. The molecule has 1 heterocycles. The van der Waals surface area contributed by atoms with E-state index in [1.54, 1.807) is 12.1 Å². The molecule has 0 saturated carbocycles. The first kappa shape index (κ1) is 22.6. The second kappa shape index (κ2) is 9.80. The lowest BCUT2D eigenvalue weighted by atomic mass is 10.1. The van der Waals surface area contributed by atoms with Crippen LogP contribution in [0.3, 0.4) is 0 Å². The highest BCUT2D eigenvalue weighted by atomic mass is 127. The van der Waals surface area contributed by atoms with Gasteiger partial charge in [0.05, 0.1) is 19.2 Å². The van der Waals surface area contributed by atoms with E-state index < -0.39 is 11.9 Å². The van der Waals surface area contributed by atoms with Crippen molar-refractivity contribution in [1.82, 2.24) is 0 Å². The molecule has 0 bridgehead atoms. The highest BCUT2D eigenvalue weighted by molar-refractivity contribution is 14.1. The Kier molecular flexibility index (Phi) is 7.37. The van der Waals surface area contributed by atoms with Gasteiger partial charge in [0.1, 0.15) is 0 Å². The number of hydrogen-bond acceptors (Lipinski definition) is 7. The first-order valence-electron chi connectivity index (χ1n) is 8.37. The summed E-state index contributed by atoms with van der Waals surface area (Å²) in [6.07, 6.45) is 1.52. The summed E-state index contributed by atoms with van der Waals surface area (Å²) in [6, 6.07) is 8.69. The molecule has 0 fully saturated rings. The van der Waals surface area contributed by atoms with Gasteiger partial charge in [-0.2, -0.15) is 0 Å². The molecule has 10 heteroatoms. The highest BCUT2D eigenvalue weighted by Crippen LogP contribution is 2.37. The average molecular weight is 607 g/mol. The predicted molar refractivity (Wildman–Crippen MR) is 123 cm³/mol. The van der Waals surface area contributed by atoms with Crippen LogP contribution in [0.25, 0.3) is 6.08 Å². The predicted octanol–water partition coefficient (Wildman–Crippen LogP) is 4.61. The number of carbonyl (C=O) groups excluding carboxylic acids is 2. The summed E-state index contributed by atoms with van der Waals surface area (Å²) in [5, 5.41) is 0.197. The van der Waals surface area contributed by atoms with Crippen LogP contribution in [0.5, 0.6) is 11.5 Å². The summed E-state index contributed by atoms with van der Waals surface area (Å²) in [5.74, 6) is -0.457. The van der Waals surface area contributed by atoms with E-state index in [9.17, 15) is 9.59 Å². The van der Waals surface area contributed by atoms with Crippen molar-refractivity contribution in [3.63, 3.8) is 0 Å². The van der Waals surface area contributed by atoms with Crippen molar-refractivity contribution in [2.24, 2.45) is 4.99 Å². The third-order valence-electron chi connectivity index (χ3n) is 3.90. The van der Waals surface area contributed by atoms with Crippen LogP contribution in [-0.4, -0.2) is 38.7 Å². The molecule has 0 aromatic heterocycles. The molecule has 0 N–H and O–H groups in total. The molecule has 3 rings (SSSR count). The van der Waals surface area contributed by atoms with Crippen LogP contribution in [-0.2, 0) is 19.1 Å². The van der Waals surface area contributed by atoms with E-state index in [0.717, 1.165) is 8.04 Å². The number of cyclic esters (lactones) is 1. The third kappa shape index (κ3) is 5.13. The fourth-order valence-electron chi connectivity index (χ4n) is 2.47. The summed E-state index contributed by atoms with van der Waals surface area (Å²) < 4.78 is 22.4. The Labute approximate surface area is 199 Å². The van der Waals surface area contributed by atoms with E-state index in [1.165, 1.54) is 20.3 Å². The normalized spacial score (nSPS) is 14.4. The molecular weight excluding hydrogens is 592 g/mol. The number of esters is 2. The van der Waals surface area contributed by atoms with E-state index in [1.807, 2.05) is 18.2 Å². The summed E-state index contributed by atoms with van der Waals surface area (Å²) >= 11 is 11.9. The molecule has 0 aliphatic carbocycles. The molecular formula is C20H14BrClINO6. The lowest BCUT2D eigenvalue weighted by Crippen LogP contribution is -2.13. The third-order valence-corrected chi connectivity index (χ3v) is 6.52. The van der Waals surface area contributed by atoms with Gasteiger partial charge >= 0.3 is 11.9 Å². The van der Waals surface area contributed by atoms with E-state index in [2.05, 4.69) is 48.3 Å². The molecule has 156 valence electrons. The minimum absolute atomic E-state index is 0.112. The Morgan fingerprint density at radius 1 is 1.30 bits per heavy atom. The maximum absolute atomic E-state index is 12.3. The first-order chi connectivity index (χ1) is 14.3. The summed E-state index contributed by atoms with van der Waals surface area (Å²) in [4.78, 5) is 27.9. The zero-order valence-corrected chi connectivity index (χ0v) is 20.2. The van der Waals surface area contributed by atoms with Crippen molar-refractivity contribution in [2.75, 3.05) is 20.8 Å². The fraction of sp³-hybridized carbons (Fsp3) is 0.150. The monoisotopic (exact) mass is 605 g/mol. The minimum atomic E-state index is -0.583. The molecule has 0 spiro atoms. The Morgan fingerprint density at radius 3 is 2.73 bits per heavy atom. The van der Waals surface area contributed by atoms with Gasteiger partial charge in [0.2, 0.25) is 5.90 Å². The van der Waals surface area contributed by atoms with Crippen molar-refractivity contribution in [2.45, 2.75) is 0 Å². The number of rotatable bonds is 6. The number of carbonyl (C=O) groups is 2. The Morgan fingerprint density at radius 2 is 2.07 bits per heavy atom. The molecule has 0 amide bonds. The van der Waals surface area contributed by atoms with Crippen LogP contribution in [0.2, 0.25) is 5.02 Å². The molecule has 30 heavy (non-hydrogen) atoms. The molecule has 7 nitrogen and oxygen atoms in total. The second-order valence-corrected chi connectivity index (χ2v) is 8.29. The van der Waals surface area contributed by atoms with Crippen molar-refractivity contribution in [3.05, 3.63) is 60.2 Å². The van der Waals surface area contributed by atoms with Gasteiger partial charge in [-0.15, -0.1) is 0 Å². The Balaban J connectivity index is 1.90. The number of nitrogens with zero attached hydrogens (tertiary/aromatic N) is 1. The zero-order valence-electron chi connectivity index (χ0n) is 15.7. The van der Waals surface area contributed by atoms with Crippen molar-refractivity contribution in [3.8, 4) is 11.5 Å². The van der Waals surface area contributed by atoms with E-state index in [4.69, 9.17) is 25.8 Å². The van der Waals surface area contributed by atoms with Gasteiger partial charge in [0.25, 0.3) is 0 Å². The zero-order chi connectivity index (χ0) is 21.8. The van der Waals surface area contributed by atoms with E-state index in [-0.39, 0.29) is 34.7 Å². The largest absolute Gasteiger partial charge is 0.493 e. The molecule has 0 saturated heterocycles. The lowest BCUT2D eigenvalue weighted by Gasteiger charge is -2.12. The molecule has 2 aromatic rings. The highest BCUT2D eigenvalue weighted by Gasteiger charge is 2.25. The number of benzene rings is 2. The Bertz CT molecular complexity index is 1090. The molecule has 1 aliphatic heterocycles. The van der Waals surface area contributed by atoms with Crippen LogP contribution in [0.15, 0.2) is 45.5 Å². The van der Waals surface area contributed by atoms with Crippen LogP contribution in [0, 0.1) is 3.57 Å². The quantitative estimate of drug-likeness (QED) is 0.272. The molecule has 0 radical (unpaired) electrons. The van der Waals surface area contributed by atoms with Crippen LogP contribution < -0.4 is 9.47 Å². The van der Waals surface area contributed by atoms with Gasteiger partial charge in [-0.05, 0) is 80.5 Å². The summed E-state index contributed by atoms with van der Waals surface area (Å²) in [5.41, 5.74) is 1.32. The smallest absolute Gasteiger partial charge is 0.363 e. The number of ether oxygens (including phenoxy) is 4. The molecule has 2 aromatic carbocycles. The van der Waals surface area contributed by atoms with Crippen LogP contribution >= 0.6 is 50.1 Å². The molecule has 0 atom stereocenters. The van der Waals surface area contributed by atoms with E-state index >= 15 is 0 Å². The number of hydrogen-bond donors (Lipinski definition) is 0. The van der Waals surface area contributed by atoms with Gasteiger partial charge in [-0.1, -0.05) is 11.6 Å². The maximum atomic E-state index is 12.3. The van der Waals surface area contributed by atoms with Crippen LogP contribution in [0.4, 0.5) is 0 Å². The standard InChI is InChI=1S/C20H14BrClINO6/c1-27-16-7-10(5-13(22)18(16)29-9-17(25)28-2)6-15-20(26)30-19(24-15)11-3-4-14(23)12(21)8-11/h3-8H,9H2,1-2H3/b15-6-. The first-order valence-corrected chi connectivity index (χ1v) is 10.6. The topological polar surface area (TPSA) is 83.4 Å². The van der Waals surface area contributed by atoms with Gasteiger partial charge < -0.3 is 18.9 Å².